The van der Waals surface area contributed by atoms with Crippen LogP contribution in [0.25, 0.3) is 11.1 Å². The van der Waals surface area contributed by atoms with Crippen LogP contribution in [0.1, 0.15) is 30.1 Å². The molecule has 0 saturated heterocycles. The van der Waals surface area contributed by atoms with Crippen molar-refractivity contribution in [3.8, 4) is 5.75 Å². The number of nitrogens with zero attached hydrogens (tertiary/aromatic N) is 3. The van der Waals surface area contributed by atoms with Crippen LogP contribution in [0.3, 0.4) is 0 Å². The molecule has 0 spiro atoms. The number of ether oxygens (including phenoxy) is 1. The minimum atomic E-state index is -3.00. The number of rotatable bonds is 6. The van der Waals surface area contributed by atoms with E-state index in [0.29, 0.717) is 24.7 Å². The van der Waals surface area contributed by atoms with Crippen LogP contribution in [0.5, 0.6) is 5.75 Å². The number of carbonyl (C=O) groups is 1. The second-order valence-corrected chi connectivity index (χ2v) is 5.11. The topological polar surface area (TPSA) is 82.2 Å². The van der Waals surface area contributed by atoms with Crippen LogP contribution in [0, 0.1) is 0 Å². The van der Waals surface area contributed by atoms with E-state index >= 15 is 0 Å². The van der Waals surface area contributed by atoms with Crippen LogP contribution in [0.15, 0.2) is 28.8 Å². The molecule has 0 fully saturated rings. The maximum Gasteiger partial charge on any atom is 0.387 e. The first-order valence-electron chi connectivity index (χ1n) is 7.73. The monoisotopic (exact) mass is 350 g/mol. The van der Waals surface area contributed by atoms with Crippen LogP contribution in [0.2, 0.25) is 0 Å². The largest absolute Gasteiger partial charge is 0.440 e. The number of alkyl halides is 2. The quantitative estimate of drug-likeness (QED) is 0.736. The van der Waals surface area contributed by atoms with Gasteiger partial charge in [-0.3, -0.25) is 4.79 Å². The lowest BCUT2D eigenvalue weighted by atomic mass is 10.1. The van der Waals surface area contributed by atoms with Crippen LogP contribution in [-0.2, 0) is 13.0 Å². The molecule has 0 atom stereocenters. The second kappa shape index (κ2) is 6.88. The maximum atomic E-state index is 12.6. The van der Waals surface area contributed by atoms with Crippen LogP contribution in [-0.4, -0.2) is 27.3 Å². The summed E-state index contributed by atoms with van der Waals surface area (Å²) in [5.74, 6) is 0.253. The number of hydrogen-bond acceptors (Lipinski definition) is 5. The van der Waals surface area contributed by atoms with Gasteiger partial charge in [0.1, 0.15) is 5.82 Å². The van der Waals surface area contributed by atoms with Gasteiger partial charge in [-0.15, -0.1) is 0 Å². The molecule has 25 heavy (non-hydrogen) atoms. The third kappa shape index (κ3) is 3.30. The van der Waals surface area contributed by atoms with Gasteiger partial charge in [-0.25, -0.2) is 9.67 Å². The fourth-order valence-corrected chi connectivity index (χ4v) is 2.42. The number of aromatic nitrogens is 3. The molecule has 1 aromatic carbocycles. The van der Waals surface area contributed by atoms with Gasteiger partial charge in [0.2, 0.25) is 0 Å². The first-order valence-corrected chi connectivity index (χ1v) is 7.73. The molecule has 0 unspecified atom stereocenters. The van der Waals surface area contributed by atoms with E-state index in [4.69, 9.17) is 4.42 Å². The van der Waals surface area contributed by atoms with E-state index < -0.39 is 12.5 Å². The van der Waals surface area contributed by atoms with Gasteiger partial charge in [0.15, 0.2) is 22.7 Å². The summed E-state index contributed by atoms with van der Waals surface area (Å²) in [6, 6.07) is 4.31. The van der Waals surface area contributed by atoms with Crippen molar-refractivity contribution in [2.45, 2.75) is 33.4 Å². The summed E-state index contributed by atoms with van der Waals surface area (Å²) in [5, 5.41) is 6.79. The van der Waals surface area contributed by atoms with E-state index in [2.05, 4.69) is 20.1 Å². The summed E-state index contributed by atoms with van der Waals surface area (Å²) in [4.78, 5) is 16.7. The molecule has 0 radical (unpaired) electrons. The number of nitrogens with one attached hydrogen (secondary N) is 1. The fraction of sp³-hybridized carbons (Fsp3) is 0.312. The van der Waals surface area contributed by atoms with Crippen LogP contribution < -0.4 is 10.1 Å². The predicted octanol–water partition coefficient (Wildman–Crippen LogP) is 3.46. The average Bonchev–Trinajstić information content (AvgIpc) is 3.20. The molecular weight excluding hydrogens is 334 g/mol. The van der Waals surface area contributed by atoms with Crippen LogP contribution >= 0.6 is 0 Å². The Morgan fingerprint density at radius 2 is 2.16 bits per heavy atom. The molecule has 7 nitrogen and oxygen atoms in total. The highest BCUT2D eigenvalue weighted by atomic mass is 19.3. The number of halogens is 2. The van der Waals surface area contributed by atoms with E-state index in [9.17, 15) is 13.6 Å². The summed E-state index contributed by atoms with van der Waals surface area (Å²) in [6.07, 6.45) is 2.02. The van der Waals surface area contributed by atoms with Crippen molar-refractivity contribution < 1.29 is 22.7 Å². The van der Waals surface area contributed by atoms with Crippen molar-refractivity contribution in [3.05, 3.63) is 35.9 Å². The number of amides is 1. The maximum absolute atomic E-state index is 12.6. The Hall–Kier alpha value is -2.97. The van der Waals surface area contributed by atoms with Gasteiger partial charge < -0.3 is 14.5 Å². The molecule has 1 N–H and O–H groups in total. The highest BCUT2D eigenvalue weighted by Crippen LogP contribution is 2.31. The summed E-state index contributed by atoms with van der Waals surface area (Å²) in [6.45, 7) is 1.28. The smallest absolute Gasteiger partial charge is 0.387 e. The minimum absolute atomic E-state index is 0.0915. The molecule has 9 heteroatoms. The number of carbonyl (C=O) groups excluding carboxylic acids is 1. The fourth-order valence-electron chi connectivity index (χ4n) is 2.42. The lowest BCUT2D eigenvalue weighted by molar-refractivity contribution is -0.0489. The van der Waals surface area contributed by atoms with Gasteiger partial charge in [0, 0.05) is 19.0 Å². The third-order valence-electron chi connectivity index (χ3n) is 3.57. The van der Waals surface area contributed by atoms with Gasteiger partial charge >= 0.3 is 6.61 Å². The Morgan fingerprint density at radius 3 is 2.84 bits per heavy atom. The number of oxazole rings is 1. The SMILES string of the molecule is CCc1nc2c(OC(F)F)ccc(C(=O)Nc3ccnn3CC)c2o1. The van der Waals surface area contributed by atoms with Gasteiger partial charge in [0.25, 0.3) is 5.91 Å². The number of aryl methyl sites for hydroxylation is 2. The molecule has 132 valence electrons. The van der Waals surface area contributed by atoms with Gasteiger partial charge in [-0.2, -0.15) is 13.9 Å². The summed E-state index contributed by atoms with van der Waals surface area (Å²) in [5.41, 5.74) is 0.372. The summed E-state index contributed by atoms with van der Waals surface area (Å²) >= 11 is 0. The molecule has 0 aliphatic carbocycles. The van der Waals surface area contributed by atoms with Crippen molar-refractivity contribution in [2.75, 3.05) is 5.32 Å². The van der Waals surface area contributed by atoms with Crippen molar-refractivity contribution in [1.29, 1.82) is 0 Å². The van der Waals surface area contributed by atoms with E-state index in [-0.39, 0.29) is 22.4 Å². The number of benzene rings is 1. The van der Waals surface area contributed by atoms with Crippen molar-refractivity contribution in [2.24, 2.45) is 0 Å². The second-order valence-electron chi connectivity index (χ2n) is 5.11. The highest BCUT2D eigenvalue weighted by molar-refractivity contribution is 6.11. The molecule has 3 aromatic rings. The lowest BCUT2D eigenvalue weighted by Gasteiger charge is -2.09. The number of fused-ring (bicyclic) bond motifs is 1. The number of anilines is 1. The molecule has 3 rings (SSSR count). The molecule has 0 bridgehead atoms. The van der Waals surface area contributed by atoms with Crippen molar-refractivity contribution in [1.82, 2.24) is 14.8 Å². The Bertz CT molecular complexity index is 904. The predicted molar refractivity (Wildman–Crippen MR) is 85.9 cm³/mol. The molecule has 1 amide bonds. The summed E-state index contributed by atoms with van der Waals surface area (Å²) in [7, 11) is 0. The van der Waals surface area contributed by atoms with Crippen molar-refractivity contribution >= 4 is 22.8 Å². The average molecular weight is 350 g/mol. The molecule has 0 aliphatic heterocycles. The summed E-state index contributed by atoms with van der Waals surface area (Å²) < 4.78 is 36.7. The standard InChI is InChI=1S/C16H16F2N4O3/c1-3-12-21-13-10(24-16(17)18)6-5-9(14(13)25-12)15(23)20-11-7-8-19-22(11)4-2/h5-8,16H,3-4H2,1-2H3,(H,20,23). The first-order chi connectivity index (χ1) is 12.0. The highest BCUT2D eigenvalue weighted by Gasteiger charge is 2.21. The van der Waals surface area contributed by atoms with Crippen LogP contribution in [0.4, 0.5) is 14.6 Å². The van der Waals surface area contributed by atoms with E-state index in [1.807, 2.05) is 6.92 Å². The Kier molecular flexibility index (Phi) is 4.64. The zero-order chi connectivity index (χ0) is 18.0. The van der Waals surface area contributed by atoms with Crippen molar-refractivity contribution in [3.63, 3.8) is 0 Å². The van der Waals surface area contributed by atoms with Gasteiger partial charge in [-0.05, 0) is 19.1 Å². The zero-order valence-electron chi connectivity index (χ0n) is 13.6. The van der Waals surface area contributed by atoms with Gasteiger partial charge in [0.05, 0.1) is 11.8 Å². The first kappa shape index (κ1) is 16.9. The van der Waals surface area contributed by atoms with E-state index in [0.717, 1.165) is 0 Å². The molecule has 0 saturated carbocycles. The minimum Gasteiger partial charge on any atom is -0.440 e. The normalized spacial score (nSPS) is 11.2. The Balaban J connectivity index is 2.01. The third-order valence-corrected chi connectivity index (χ3v) is 3.57. The lowest BCUT2D eigenvalue weighted by Crippen LogP contribution is -2.16. The zero-order valence-corrected chi connectivity index (χ0v) is 13.6. The molecule has 0 aliphatic rings. The Morgan fingerprint density at radius 1 is 1.36 bits per heavy atom. The van der Waals surface area contributed by atoms with E-state index in [1.54, 1.807) is 23.9 Å². The Labute approximate surface area is 141 Å². The molecule has 2 aromatic heterocycles. The van der Waals surface area contributed by atoms with E-state index in [1.165, 1.54) is 12.1 Å². The number of hydrogen-bond donors (Lipinski definition) is 1. The van der Waals surface area contributed by atoms with Gasteiger partial charge in [-0.1, -0.05) is 6.92 Å². The molecule has 2 heterocycles. The molecular formula is C16H16F2N4O3.